The van der Waals surface area contributed by atoms with Gasteiger partial charge in [-0.15, -0.1) is 11.8 Å². The largest absolute Gasteiger partial charge is 0.417 e. The van der Waals surface area contributed by atoms with Gasteiger partial charge >= 0.3 is 6.18 Å². The first-order valence-electron chi connectivity index (χ1n) is 4.23. The van der Waals surface area contributed by atoms with E-state index in [9.17, 15) is 13.2 Å². The highest BCUT2D eigenvalue weighted by atomic mass is 32.2. The molecule has 0 N–H and O–H groups in total. The van der Waals surface area contributed by atoms with Crippen molar-refractivity contribution in [1.82, 2.24) is 0 Å². The average Bonchev–Trinajstić information content (AvgIpc) is 2.16. The molecule has 0 aliphatic carbocycles. The van der Waals surface area contributed by atoms with Crippen molar-refractivity contribution >= 4 is 11.8 Å². The minimum Gasteiger partial charge on any atom is -0.192 e. The van der Waals surface area contributed by atoms with E-state index in [0.29, 0.717) is 4.90 Å². The van der Waals surface area contributed by atoms with E-state index < -0.39 is 11.7 Å². The van der Waals surface area contributed by atoms with Crippen molar-refractivity contribution in [3.8, 4) is 6.07 Å². The summed E-state index contributed by atoms with van der Waals surface area (Å²) in [6, 6.07) is 5.18. The number of nitriles is 1. The summed E-state index contributed by atoms with van der Waals surface area (Å²) < 4.78 is 37.2. The van der Waals surface area contributed by atoms with Crippen molar-refractivity contribution in [3.63, 3.8) is 0 Å². The summed E-state index contributed by atoms with van der Waals surface area (Å²) in [5, 5.41) is 8.62. The zero-order valence-corrected chi connectivity index (χ0v) is 8.75. The average molecular weight is 231 g/mol. The summed E-state index contributed by atoms with van der Waals surface area (Å²) in [5.74, 6) is 0.760. The molecular formula is C10H8F3NS. The third-order valence-corrected chi connectivity index (χ3v) is 2.60. The highest BCUT2D eigenvalue weighted by Crippen LogP contribution is 2.33. The predicted molar refractivity (Wildman–Crippen MR) is 52.6 cm³/mol. The molecule has 80 valence electrons. The second-order valence-electron chi connectivity index (χ2n) is 2.75. The van der Waals surface area contributed by atoms with Crippen LogP contribution >= 0.6 is 11.8 Å². The maximum atomic E-state index is 12.4. The van der Waals surface area contributed by atoms with E-state index in [4.69, 9.17) is 5.26 Å². The number of hydrogen-bond donors (Lipinski definition) is 0. The van der Waals surface area contributed by atoms with Crippen molar-refractivity contribution in [2.75, 3.05) is 5.75 Å². The fourth-order valence-corrected chi connectivity index (χ4v) is 1.82. The SMILES string of the molecule is CCSc1ccc(C(F)(F)F)c(C#N)c1. The van der Waals surface area contributed by atoms with Crippen LogP contribution in [0, 0.1) is 11.3 Å². The fourth-order valence-electron chi connectivity index (χ4n) is 1.12. The lowest BCUT2D eigenvalue weighted by Crippen LogP contribution is -2.07. The van der Waals surface area contributed by atoms with Crippen LogP contribution < -0.4 is 0 Å². The molecule has 0 radical (unpaired) electrons. The standard InChI is InChI=1S/C10H8F3NS/c1-2-15-8-3-4-9(10(11,12)13)7(5-8)6-14/h3-5H,2H2,1H3. The summed E-state index contributed by atoms with van der Waals surface area (Å²) in [4.78, 5) is 0.682. The molecule has 0 saturated carbocycles. The van der Waals surface area contributed by atoms with Crippen LogP contribution in [-0.2, 0) is 6.18 Å². The number of benzene rings is 1. The number of hydrogen-bond acceptors (Lipinski definition) is 2. The van der Waals surface area contributed by atoms with Gasteiger partial charge in [-0.25, -0.2) is 0 Å². The Morgan fingerprint density at radius 2 is 2.07 bits per heavy atom. The molecule has 0 aliphatic rings. The first-order valence-corrected chi connectivity index (χ1v) is 5.21. The molecule has 0 bridgehead atoms. The van der Waals surface area contributed by atoms with Gasteiger partial charge in [0.05, 0.1) is 17.2 Å². The molecule has 0 saturated heterocycles. The fraction of sp³-hybridized carbons (Fsp3) is 0.300. The third-order valence-electron chi connectivity index (χ3n) is 1.73. The van der Waals surface area contributed by atoms with Gasteiger partial charge in [0.15, 0.2) is 0 Å². The first-order chi connectivity index (χ1) is 6.99. The number of rotatable bonds is 2. The second-order valence-corrected chi connectivity index (χ2v) is 4.09. The number of nitrogens with zero attached hydrogens (tertiary/aromatic N) is 1. The Bertz CT molecular complexity index is 393. The van der Waals surface area contributed by atoms with Crippen LogP contribution in [0.2, 0.25) is 0 Å². The summed E-state index contributed by atoms with van der Waals surface area (Å²) >= 11 is 1.41. The van der Waals surface area contributed by atoms with Crippen LogP contribution in [0.4, 0.5) is 13.2 Å². The molecule has 0 aliphatic heterocycles. The molecule has 15 heavy (non-hydrogen) atoms. The minimum absolute atomic E-state index is 0.319. The molecule has 1 aromatic carbocycles. The van der Waals surface area contributed by atoms with E-state index in [2.05, 4.69) is 0 Å². The molecule has 1 nitrogen and oxygen atoms in total. The lowest BCUT2D eigenvalue weighted by atomic mass is 10.1. The van der Waals surface area contributed by atoms with Gasteiger partial charge in [0, 0.05) is 4.90 Å². The maximum absolute atomic E-state index is 12.4. The van der Waals surface area contributed by atoms with Crippen molar-refractivity contribution in [2.24, 2.45) is 0 Å². The third kappa shape index (κ3) is 2.90. The van der Waals surface area contributed by atoms with Gasteiger partial charge in [-0.1, -0.05) is 6.92 Å². The summed E-state index contributed by atoms with van der Waals surface area (Å²) in [7, 11) is 0. The second kappa shape index (κ2) is 4.58. The van der Waals surface area contributed by atoms with Gasteiger partial charge in [-0.05, 0) is 24.0 Å². The van der Waals surface area contributed by atoms with E-state index in [0.717, 1.165) is 11.8 Å². The van der Waals surface area contributed by atoms with Crippen LogP contribution in [0.25, 0.3) is 0 Å². The van der Waals surface area contributed by atoms with Crippen LogP contribution in [0.1, 0.15) is 18.1 Å². The molecule has 0 amide bonds. The van der Waals surface area contributed by atoms with Crippen LogP contribution in [0.5, 0.6) is 0 Å². The molecule has 0 heterocycles. The lowest BCUT2D eigenvalue weighted by molar-refractivity contribution is -0.137. The van der Waals surface area contributed by atoms with Gasteiger partial charge in [0.1, 0.15) is 0 Å². The lowest BCUT2D eigenvalue weighted by Gasteiger charge is -2.09. The number of alkyl halides is 3. The van der Waals surface area contributed by atoms with Gasteiger partial charge in [-0.2, -0.15) is 18.4 Å². The zero-order valence-electron chi connectivity index (χ0n) is 7.93. The molecule has 5 heteroatoms. The monoisotopic (exact) mass is 231 g/mol. The quantitative estimate of drug-likeness (QED) is 0.725. The van der Waals surface area contributed by atoms with Crippen LogP contribution in [0.3, 0.4) is 0 Å². The zero-order chi connectivity index (χ0) is 11.5. The normalized spacial score (nSPS) is 11.1. The molecular weight excluding hydrogens is 223 g/mol. The predicted octanol–water partition coefficient (Wildman–Crippen LogP) is 3.69. The van der Waals surface area contributed by atoms with E-state index in [-0.39, 0.29) is 5.56 Å². The molecule has 0 fully saturated rings. The number of halogens is 3. The van der Waals surface area contributed by atoms with Crippen molar-refractivity contribution < 1.29 is 13.2 Å². The first kappa shape index (κ1) is 11.9. The topological polar surface area (TPSA) is 23.8 Å². The number of thioether (sulfide) groups is 1. The Hall–Kier alpha value is -1.15. The molecule has 0 spiro atoms. The van der Waals surface area contributed by atoms with Crippen molar-refractivity contribution in [2.45, 2.75) is 18.0 Å². The highest BCUT2D eigenvalue weighted by molar-refractivity contribution is 7.99. The maximum Gasteiger partial charge on any atom is 0.417 e. The molecule has 0 aromatic heterocycles. The Labute approximate surface area is 89.9 Å². The Morgan fingerprint density at radius 1 is 1.40 bits per heavy atom. The van der Waals surface area contributed by atoms with E-state index in [1.165, 1.54) is 23.9 Å². The molecule has 0 unspecified atom stereocenters. The van der Waals surface area contributed by atoms with Crippen molar-refractivity contribution in [1.29, 1.82) is 5.26 Å². The summed E-state index contributed by atoms with van der Waals surface area (Å²) in [6.45, 7) is 1.90. The Morgan fingerprint density at radius 3 is 2.53 bits per heavy atom. The van der Waals surface area contributed by atoms with E-state index in [1.807, 2.05) is 6.92 Å². The van der Waals surface area contributed by atoms with Crippen LogP contribution in [-0.4, -0.2) is 5.75 Å². The molecule has 0 atom stereocenters. The Balaban J connectivity index is 3.17. The highest BCUT2D eigenvalue weighted by Gasteiger charge is 2.33. The van der Waals surface area contributed by atoms with Gasteiger partial charge in [0.2, 0.25) is 0 Å². The van der Waals surface area contributed by atoms with Gasteiger partial charge in [-0.3, -0.25) is 0 Å². The molecule has 1 rings (SSSR count). The Kier molecular flexibility index (Phi) is 3.64. The van der Waals surface area contributed by atoms with Gasteiger partial charge < -0.3 is 0 Å². The smallest absolute Gasteiger partial charge is 0.192 e. The van der Waals surface area contributed by atoms with E-state index in [1.54, 1.807) is 6.07 Å². The van der Waals surface area contributed by atoms with Gasteiger partial charge in [0.25, 0.3) is 0 Å². The summed E-state index contributed by atoms with van der Waals surface area (Å²) in [5.41, 5.74) is -1.19. The molecule has 1 aromatic rings. The van der Waals surface area contributed by atoms with Crippen LogP contribution in [0.15, 0.2) is 23.1 Å². The summed E-state index contributed by atoms with van der Waals surface area (Å²) in [6.07, 6.45) is -4.46. The van der Waals surface area contributed by atoms with E-state index >= 15 is 0 Å². The minimum atomic E-state index is -4.46. The van der Waals surface area contributed by atoms with Crippen molar-refractivity contribution in [3.05, 3.63) is 29.3 Å².